The molecule has 2 aliphatic rings. The lowest BCUT2D eigenvalue weighted by molar-refractivity contribution is 0.674. The molecule has 0 aromatic heterocycles. The first kappa shape index (κ1) is 28.5. The largest absolute Gasteiger partial charge is 0.363 e. The van der Waals surface area contributed by atoms with Crippen molar-refractivity contribution in [2.75, 3.05) is 10.2 Å². The van der Waals surface area contributed by atoms with Gasteiger partial charge in [-0.2, -0.15) is 0 Å². The number of nitrogens with zero attached hydrogens (tertiary/aromatic N) is 3. The second-order valence-corrected chi connectivity index (χ2v) is 11.8. The highest BCUT2D eigenvalue weighted by atomic mass is 15.3. The lowest BCUT2D eigenvalue weighted by atomic mass is 9.91. The minimum Gasteiger partial charge on any atom is -0.363 e. The van der Waals surface area contributed by atoms with Crippen LogP contribution in [0.1, 0.15) is 36.2 Å². The minimum absolute atomic E-state index is 0.226. The molecule has 0 radical (unpaired) electrons. The summed E-state index contributed by atoms with van der Waals surface area (Å²) >= 11 is 0. The van der Waals surface area contributed by atoms with Gasteiger partial charge in [0.15, 0.2) is 5.84 Å². The molecule has 0 aliphatic carbocycles. The molecular formula is C42H35N5. The van der Waals surface area contributed by atoms with Gasteiger partial charge in [-0.15, -0.1) is 0 Å². The Hall–Kier alpha value is -5.94. The van der Waals surface area contributed by atoms with E-state index in [1.165, 1.54) is 22.6 Å². The number of aliphatic imine (C=N–C) groups is 2. The van der Waals surface area contributed by atoms with E-state index in [1.54, 1.807) is 0 Å². The van der Waals surface area contributed by atoms with E-state index in [1.807, 2.05) is 24.3 Å². The number of fused-ring (bicyclic) bond motifs is 1. The molecule has 0 fully saturated rings. The summed E-state index contributed by atoms with van der Waals surface area (Å²) < 4.78 is 0. The molecule has 0 bridgehead atoms. The van der Waals surface area contributed by atoms with Gasteiger partial charge in [-0.1, -0.05) is 140 Å². The Balaban J connectivity index is 1.19. The second kappa shape index (κ2) is 12.5. The quantitative estimate of drug-likeness (QED) is 0.189. The monoisotopic (exact) mass is 609 g/mol. The third kappa shape index (κ3) is 5.46. The van der Waals surface area contributed by atoms with Crippen molar-refractivity contribution in [3.8, 4) is 22.3 Å². The van der Waals surface area contributed by atoms with Gasteiger partial charge in [-0.25, -0.2) is 9.98 Å². The smallest absolute Gasteiger partial charge is 0.160 e. The molecule has 2 N–H and O–H groups in total. The number of benzene rings is 6. The molecule has 0 saturated carbocycles. The summed E-state index contributed by atoms with van der Waals surface area (Å²) in [4.78, 5) is 12.7. The minimum atomic E-state index is -0.257. The molecular weight excluding hydrogens is 574 g/mol. The number of amidine groups is 2. The highest BCUT2D eigenvalue weighted by molar-refractivity contribution is 6.15. The molecule has 2 unspecified atom stereocenters. The van der Waals surface area contributed by atoms with Crippen LogP contribution < -0.4 is 15.5 Å². The summed E-state index contributed by atoms with van der Waals surface area (Å²) in [6.07, 6.45) is 0.964. The molecule has 0 saturated heterocycles. The van der Waals surface area contributed by atoms with Crippen LogP contribution in [0.3, 0.4) is 0 Å². The van der Waals surface area contributed by atoms with Gasteiger partial charge in [-0.3, -0.25) is 0 Å². The van der Waals surface area contributed by atoms with Gasteiger partial charge >= 0.3 is 0 Å². The van der Waals surface area contributed by atoms with Crippen molar-refractivity contribution in [2.45, 2.75) is 25.7 Å². The van der Waals surface area contributed by atoms with Crippen LogP contribution in [0.5, 0.6) is 0 Å². The summed E-state index contributed by atoms with van der Waals surface area (Å²) in [5.41, 5.74) is 11.3. The first-order chi connectivity index (χ1) is 23.3. The maximum Gasteiger partial charge on any atom is 0.160 e. The molecule has 0 spiro atoms. The molecule has 47 heavy (non-hydrogen) atoms. The summed E-state index contributed by atoms with van der Waals surface area (Å²) in [5.74, 6) is 1.52. The number of para-hydroxylation sites is 2. The standard InChI is InChI=1S/C42H35N5/c1-2-39-43-37-23-13-14-24-38(37)47(39)32-27-25-29(26-28-32)33-19-9-10-20-34(33)35-21-11-12-22-36(35)42-45-40(30-15-5-3-6-16-30)44-41(46-42)31-17-7-4-8-18-31/h3-28,39-40,43H,2H2,1H3,(H,44,45,46). The fraction of sp³-hybridized carbons (Fsp3) is 0.0952. The van der Waals surface area contributed by atoms with Crippen molar-refractivity contribution < 1.29 is 0 Å². The van der Waals surface area contributed by atoms with E-state index in [9.17, 15) is 0 Å². The van der Waals surface area contributed by atoms with Crippen molar-refractivity contribution in [1.29, 1.82) is 0 Å². The molecule has 6 aromatic rings. The summed E-state index contributed by atoms with van der Waals surface area (Å²) in [6.45, 7) is 2.22. The van der Waals surface area contributed by atoms with E-state index in [0.717, 1.165) is 45.6 Å². The van der Waals surface area contributed by atoms with E-state index < -0.39 is 0 Å². The summed E-state index contributed by atoms with van der Waals surface area (Å²) in [5, 5.41) is 7.25. The van der Waals surface area contributed by atoms with Crippen molar-refractivity contribution in [3.05, 3.63) is 174 Å². The van der Waals surface area contributed by atoms with Crippen LogP contribution in [0.4, 0.5) is 17.1 Å². The van der Waals surface area contributed by atoms with Gasteiger partial charge in [-0.05, 0) is 58.5 Å². The van der Waals surface area contributed by atoms with Crippen molar-refractivity contribution in [1.82, 2.24) is 5.32 Å². The Kier molecular flexibility index (Phi) is 7.56. The van der Waals surface area contributed by atoms with Crippen LogP contribution in [-0.2, 0) is 0 Å². The molecule has 2 atom stereocenters. The van der Waals surface area contributed by atoms with Crippen LogP contribution in [0.2, 0.25) is 0 Å². The number of rotatable bonds is 7. The molecule has 2 heterocycles. The van der Waals surface area contributed by atoms with E-state index >= 15 is 0 Å². The third-order valence-corrected chi connectivity index (χ3v) is 8.93. The first-order valence-corrected chi connectivity index (χ1v) is 16.2. The van der Waals surface area contributed by atoms with E-state index in [2.05, 4.69) is 156 Å². The Morgan fingerprint density at radius 2 is 1.15 bits per heavy atom. The molecule has 0 amide bonds. The normalized spacial score (nSPS) is 16.8. The van der Waals surface area contributed by atoms with Crippen molar-refractivity contribution in [2.24, 2.45) is 9.98 Å². The fourth-order valence-electron chi connectivity index (χ4n) is 6.62. The average molecular weight is 610 g/mol. The molecule has 2 aliphatic heterocycles. The number of anilines is 3. The highest BCUT2D eigenvalue weighted by Gasteiger charge is 2.28. The predicted molar refractivity (Wildman–Crippen MR) is 195 cm³/mol. The maximum atomic E-state index is 5.18. The zero-order valence-electron chi connectivity index (χ0n) is 26.2. The van der Waals surface area contributed by atoms with E-state index in [0.29, 0.717) is 5.84 Å². The molecule has 228 valence electrons. The molecule has 6 aromatic carbocycles. The summed E-state index contributed by atoms with van der Waals surface area (Å²) in [7, 11) is 0. The Bertz CT molecular complexity index is 2080. The Morgan fingerprint density at radius 1 is 0.553 bits per heavy atom. The maximum absolute atomic E-state index is 5.18. The van der Waals surface area contributed by atoms with Crippen LogP contribution in [0.15, 0.2) is 168 Å². The van der Waals surface area contributed by atoms with Crippen LogP contribution >= 0.6 is 0 Å². The van der Waals surface area contributed by atoms with E-state index in [4.69, 9.17) is 9.98 Å². The van der Waals surface area contributed by atoms with E-state index in [-0.39, 0.29) is 12.3 Å². The zero-order valence-corrected chi connectivity index (χ0v) is 26.2. The number of hydrogen-bond acceptors (Lipinski definition) is 5. The van der Waals surface area contributed by atoms with Crippen LogP contribution in [0.25, 0.3) is 22.3 Å². The Labute approximate surface area is 276 Å². The highest BCUT2D eigenvalue weighted by Crippen LogP contribution is 2.42. The van der Waals surface area contributed by atoms with Gasteiger partial charge in [0.1, 0.15) is 18.2 Å². The SMILES string of the molecule is CCC1Nc2ccccc2N1c1ccc(-c2ccccc2-c2ccccc2C2=NC(c3ccccc3)NC(c3ccccc3)=N2)cc1. The van der Waals surface area contributed by atoms with Gasteiger partial charge in [0.05, 0.1) is 11.4 Å². The van der Waals surface area contributed by atoms with Crippen molar-refractivity contribution >= 4 is 28.7 Å². The van der Waals surface area contributed by atoms with Crippen LogP contribution in [-0.4, -0.2) is 17.8 Å². The zero-order chi connectivity index (χ0) is 31.6. The topological polar surface area (TPSA) is 52.0 Å². The second-order valence-electron chi connectivity index (χ2n) is 11.8. The average Bonchev–Trinajstić information content (AvgIpc) is 3.54. The number of hydrogen-bond donors (Lipinski definition) is 2. The van der Waals surface area contributed by atoms with Gasteiger partial charge in [0.25, 0.3) is 0 Å². The predicted octanol–water partition coefficient (Wildman–Crippen LogP) is 9.82. The fourth-order valence-corrected chi connectivity index (χ4v) is 6.62. The van der Waals surface area contributed by atoms with Crippen LogP contribution in [0, 0.1) is 0 Å². The number of nitrogens with one attached hydrogen (secondary N) is 2. The molecule has 5 heteroatoms. The van der Waals surface area contributed by atoms with Gasteiger partial charge in [0.2, 0.25) is 0 Å². The third-order valence-electron chi connectivity index (χ3n) is 8.93. The summed E-state index contributed by atoms with van der Waals surface area (Å²) in [6, 6.07) is 55.2. The molecule has 5 nitrogen and oxygen atoms in total. The van der Waals surface area contributed by atoms with Crippen molar-refractivity contribution in [3.63, 3.8) is 0 Å². The van der Waals surface area contributed by atoms with Gasteiger partial charge in [0, 0.05) is 16.8 Å². The first-order valence-electron chi connectivity index (χ1n) is 16.2. The Morgan fingerprint density at radius 3 is 1.87 bits per heavy atom. The van der Waals surface area contributed by atoms with Gasteiger partial charge < -0.3 is 15.5 Å². The lowest BCUT2D eigenvalue weighted by Gasteiger charge is -2.26. The molecule has 8 rings (SSSR count). The lowest BCUT2D eigenvalue weighted by Crippen LogP contribution is -2.33.